The van der Waals surface area contributed by atoms with Crippen molar-refractivity contribution in [3.05, 3.63) is 75.0 Å². The number of hydrogen-bond donors (Lipinski definition) is 1. The Labute approximate surface area is 175 Å². The summed E-state index contributed by atoms with van der Waals surface area (Å²) in [5.41, 5.74) is 2.03. The predicted molar refractivity (Wildman–Crippen MR) is 116 cm³/mol. The van der Waals surface area contributed by atoms with E-state index in [-0.39, 0.29) is 23.0 Å². The lowest BCUT2D eigenvalue weighted by Gasteiger charge is -2.28. The molecule has 0 atom stereocenters. The van der Waals surface area contributed by atoms with Crippen molar-refractivity contribution in [2.75, 3.05) is 0 Å². The van der Waals surface area contributed by atoms with Gasteiger partial charge < -0.3 is 4.98 Å². The minimum Gasteiger partial charge on any atom is -0.322 e. The van der Waals surface area contributed by atoms with Crippen LogP contribution in [-0.4, -0.2) is 23.7 Å². The molecule has 1 aliphatic rings. The van der Waals surface area contributed by atoms with E-state index in [1.165, 1.54) is 16.4 Å². The van der Waals surface area contributed by atoms with Crippen LogP contribution in [0.25, 0.3) is 10.9 Å². The maximum absolute atomic E-state index is 13.4. The van der Waals surface area contributed by atoms with E-state index in [1.54, 1.807) is 18.2 Å². The number of benzene rings is 2. The highest BCUT2D eigenvalue weighted by Crippen LogP contribution is 2.30. The van der Waals surface area contributed by atoms with Crippen molar-refractivity contribution in [2.45, 2.75) is 50.1 Å². The third-order valence-electron chi connectivity index (χ3n) is 5.56. The van der Waals surface area contributed by atoms with E-state index < -0.39 is 10.0 Å². The second-order valence-electron chi connectivity index (χ2n) is 7.66. The molecule has 1 aromatic heterocycles. The first-order valence-corrected chi connectivity index (χ1v) is 11.6. The first-order chi connectivity index (χ1) is 13.8. The minimum atomic E-state index is -3.76. The fraction of sp³-hybridized carbons (Fsp3) is 0.318. The van der Waals surface area contributed by atoms with E-state index in [0.717, 1.165) is 42.1 Å². The van der Waals surface area contributed by atoms with Crippen LogP contribution >= 0.6 is 11.6 Å². The average molecular weight is 431 g/mol. The van der Waals surface area contributed by atoms with Crippen LogP contribution in [0.1, 0.15) is 36.8 Å². The molecular weight excluding hydrogens is 408 g/mol. The second kappa shape index (κ2) is 7.94. The second-order valence-corrected chi connectivity index (χ2v) is 9.98. The van der Waals surface area contributed by atoms with Crippen LogP contribution in [0.15, 0.2) is 58.2 Å². The number of H-pyrrole nitrogens is 1. The van der Waals surface area contributed by atoms with E-state index in [0.29, 0.717) is 10.6 Å². The molecule has 2 aromatic carbocycles. The number of aromatic nitrogens is 1. The number of rotatable bonds is 5. The lowest BCUT2D eigenvalue weighted by Crippen LogP contribution is -2.39. The van der Waals surface area contributed by atoms with Crippen molar-refractivity contribution in [2.24, 2.45) is 0 Å². The van der Waals surface area contributed by atoms with Gasteiger partial charge in [0.15, 0.2) is 0 Å². The zero-order chi connectivity index (χ0) is 20.6. The van der Waals surface area contributed by atoms with Gasteiger partial charge in [-0.2, -0.15) is 4.31 Å². The van der Waals surface area contributed by atoms with Crippen LogP contribution in [0, 0.1) is 6.92 Å². The SMILES string of the molecule is Cc1ccc2[nH]c(=O)c(CN(C3CCCC3)S(=O)(=O)c3ccc(Cl)cc3)cc2c1. The summed E-state index contributed by atoms with van der Waals surface area (Å²) in [5, 5.41) is 1.38. The van der Waals surface area contributed by atoms with E-state index in [1.807, 2.05) is 25.1 Å². The predicted octanol–water partition coefficient (Wildman–Crippen LogP) is 4.62. The summed E-state index contributed by atoms with van der Waals surface area (Å²) >= 11 is 5.93. The quantitative estimate of drug-likeness (QED) is 0.641. The summed E-state index contributed by atoms with van der Waals surface area (Å²) in [7, 11) is -3.76. The summed E-state index contributed by atoms with van der Waals surface area (Å²) in [5.74, 6) is 0. The van der Waals surface area contributed by atoms with E-state index in [2.05, 4.69) is 4.98 Å². The highest BCUT2D eigenvalue weighted by Gasteiger charge is 2.34. The molecule has 1 saturated carbocycles. The number of halogens is 1. The number of hydrogen-bond acceptors (Lipinski definition) is 3. The fourth-order valence-corrected chi connectivity index (χ4v) is 5.79. The largest absolute Gasteiger partial charge is 0.322 e. The molecule has 1 heterocycles. The molecule has 0 unspecified atom stereocenters. The summed E-state index contributed by atoms with van der Waals surface area (Å²) in [4.78, 5) is 15.8. The maximum atomic E-state index is 13.4. The molecule has 5 nitrogen and oxygen atoms in total. The van der Waals surface area contributed by atoms with Gasteiger partial charge in [-0.15, -0.1) is 0 Å². The summed E-state index contributed by atoms with van der Waals surface area (Å²) in [6, 6.07) is 13.7. The fourth-order valence-electron chi connectivity index (χ4n) is 4.00. The van der Waals surface area contributed by atoms with Gasteiger partial charge in [0.25, 0.3) is 5.56 Å². The first kappa shape index (κ1) is 20.1. The van der Waals surface area contributed by atoms with Gasteiger partial charge in [0.05, 0.1) is 4.90 Å². The third kappa shape index (κ3) is 4.10. The van der Waals surface area contributed by atoms with Crippen molar-refractivity contribution in [3.8, 4) is 0 Å². The zero-order valence-electron chi connectivity index (χ0n) is 16.2. The Kier molecular flexibility index (Phi) is 5.51. The van der Waals surface area contributed by atoms with Crippen LogP contribution in [0.5, 0.6) is 0 Å². The molecule has 0 amide bonds. The molecule has 1 N–H and O–H groups in total. The van der Waals surface area contributed by atoms with Gasteiger partial charge in [-0.05, 0) is 67.6 Å². The molecule has 0 saturated heterocycles. The van der Waals surface area contributed by atoms with Crippen LogP contribution in [0.3, 0.4) is 0 Å². The van der Waals surface area contributed by atoms with Gasteiger partial charge >= 0.3 is 0 Å². The minimum absolute atomic E-state index is 0.0504. The molecule has 0 bridgehead atoms. The van der Waals surface area contributed by atoms with Crippen LogP contribution in [0.4, 0.5) is 0 Å². The number of aryl methyl sites for hydroxylation is 1. The van der Waals surface area contributed by atoms with Crippen LogP contribution in [-0.2, 0) is 16.6 Å². The molecule has 1 fully saturated rings. The number of nitrogens with one attached hydrogen (secondary N) is 1. The molecular formula is C22H23ClN2O3S. The van der Waals surface area contributed by atoms with Crippen molar-refractivity contribution in [1.82, 2.24) is 9.29 Å². The Bertz CT molecular complexity index is 1200. The smallest absolute Gasteiger partial charge is 0.252 e. The third-order valence-corrected chi connectivity index (χ3v) is 7.72. The van der Waals surface area contributed by atoms with Gasteiger partial charge in [0.2, 0.25) is 10.0 Å². The van der Waals surface area contributed by atoms with Crippen molar-refractivity contribution in [1.29, 1.82) is 0 Å². The maximum Gasteiger partial charge on any atom is 0.252 e. The Morgan fingerprint density at radius 3 is 2.45 bits per heavy atom. The lowest BCUT2D eigenvalue weighted by atomic mass is 10.1. The molecule has 7 heteroatoms. The molecule has 29 heavy (non-hydrogen) atoms. The van der Waals surface area contributed by atoms with Gasteiger partial charge in [0, 0.05) is 28.7 Å². The van der Waals surface area contributed by atoms with E-state index in [9.17, 15) is 13.2 Å². The highest BCUT2D eigenvalue weighted by atomic mass is 35.5. The van der Waals surface area contributed by atoms with Gasteiger partial charge in [-0.25, -0.2) is 8.42 Å². The number of pyridine rings is 1. The lowest BCUT2D eigenvalue weighted by molar-refractivity contribution is 0.315. The van der Waals surface area contributed by atoms with Crippen LogP contribution in [0.2, 0.25) is 5.02 Å². The van der Waals surface area contributed by atoms with Gasteiger partial charge in [-0.1, -0.05) is 36.1 Å². The molecule has 0 aliphatic heterocycles. The van der Waals surface area contributed by atoms with E-state index in [4.69, 9.17) is 11.6 Å². The average Bonchev–Trinajstić information content (AvgIpc) is 3.21. The highest BCUT2D eigenvalue weighted by molar-refractivity contribution is 7.89. The first-order valence-electron chi connectivity index (χ1n) is 9.74. The molecule has 152 valence electrons. The van der Waals surface area contributed by atoms with Gasteiger partial charge in [-0.3, -0.25) is 4.79 Å². The Morgan fingerprint density at radius 2 is 1.76 bits per heavy atom. The molecule has 3 aromatic rings. The number of nitrogens with zero attached hydrogens (tertiary/aromatic N) is 1. The molecule has 1 aliphatic carbocycles. The topological polar surface area (TPSA) is 70.2 Å². The summed E-state index contributed by atoms with van der Waals surface area (Å²) in [6.07, 6.45) is 3.59. The standard InChI is InChI=1S/C22H23ClN2O3S/c1-15-6-11-21-16(12-15)13-17(22(26)24-21)14-25(19-4-2-3-5-19)29(27,28)20-9-7-18(23)8-10-20/h6-13,19H,2-5,14H2,1H3,(H,24,26). The number of fused-ring (bicyclic) bond motifs is 1. The Hall–Kier alpha value is -2.15. The Morgan fingerprint density at radius 1 is 1.07 bits per heavy atom. The zero-order valence-corrected chi connectivity index (χ0v) is 17.8. The summed E-state index contributed by atoms with van der Waals surface area (Å²) in [6.45, 7) is 2.04. The molecule has 0 spiro atoms. The Balaban J connectivity index is 1.77. The monoisotopic (exact) mass is 430 g/mol. The van der Waals surface area contributed by atoms with Crippen molar-refractivity contribution in [3.63, 3.8) is 0 Å². The van der Waals surface area contributed by atoms with E-state index >= 15 is 0 Å². The number of sulfonamides is 1. The normalized spacial score (nSPS) is 15.4. The van der Waals surface area contributed by atoms with Gasteiger partial charge in [0.1, 0.15) is 0 Å². The van der Waals surface area contributed by atoms with Crippen molar-refractivity contribution >= 4 is 32.5 Å². The van der Waals surface area contributed by atoms with Crippen molar-refractivity contribution < 1.29 is 8.42 Å². The summed E-state index contributed by atoms with van der Waals surface area (Å²) < 4.78 is 28.4. The molecule has 0 radical (unpaired) electrons. The van der Waals surface area contributed by atoms with Crippen LogP contribution < -0.4 is 5.56 Å². The number of aromatic amines is 1. The molecule has 4 rings (SSSR count).